The number of carbonyl (C=O) groups is 1. The molecule has 2 N–H and O–H groups in total. The van der Waals surface area contributed by atoms with Crippen LogP contribution in [0.2, 0.25) is 0 Å². The van der Waals surface area contributed by atoms with Gasteiger partial charge in [0.2, 0.25) is 5.91 Å². The SMILES string of the molecule is NC1CCN(C2CCN(C(=O)CC3CCSCC3)C2)CC1. The lowest BCUT2D eigenvalue weighted by Crippen LogP contribution is -2.46. The van der Waals surface area contributed by atoms with E-state index in [4.69, 9.17) is 5.73 Å². The number of nitrogens with two attached hydrogens (primary N) is 1. The molecule has 0 spiro atoms. The lowest BCUT2D eigenvalue weighted by atomic mass is 9.98. The van der Waals surface area contributed by atoms with E-state index >= 15 is 0 Å². The van der Waals surface area contributed by atoms with Gasteiger partial charge in [-0.3, -0.25) is 9.69 Å². The summed E-state index contributed by atoms with van der Waals surface area (Å²) >= 11 is 2.04. The zero-order valence-electron chi connectivity index (χ0n) is 13.0. The highest BCUT2D eigenvalue weighted by atomic mass is 32.2. The zero-order valence-corrected chi connectivity index (χ0v) is 13.8. The molecule has 1 atom stereocenters. The van der Waals surface area contributed by atoms with Gasteiger partial charge in [0.15, 0.2) is 0 Å². The molecule has 5 heteroatoms. The third-order valence-corrected chi connectivity index (χ3v) is 6.46. The van der Waals surface area contributed by atoms with Gasteiger partial charge in [0, 0.05) is 31.6 Å². The maximum Gasteiger partial charge on any atom is 0.222 e. The molecule has 3 heterocycles. The van der Waals surface area contributed by atoms with Crippen LogP contribution in [0.5, 0.6) is 0 Å². The predicted molar refractivity (Wildman–Crippen MR) is 88.4 cm³/mol. The standard InChI is InChI=1S/C16H29N3OS/c17-14-1-6-18(7-2-14)15-3-8-19(12-15)16(20)11-13-4-9-21-10-5-13/h13-15H,1-12,17H2. The molecule has 0 saturated carbocycles. The minimum Gasteiger partial charge on any atom is -0.341 e. The number of amides is 1. The fraction of sp³-hybridized carbons (Fsp3) is 0.938. The van der Waals surface area contributed by atoms with Crippen molar-refractivity contribution in [3.63, 3.8) is 0 Å². The van der Waals surface area contributed by atoms with Crippen LogP contribution in [0, 0.1) is 5.92 Å². The maximum absolute atomic E-state index is 12.5. The summed E-state index contributed by atoms with van der Waals surface area (Å²) in [5, 5.41) is 0. The van der Waals surface area contributed by atoms with Gasteiger partial charge in [-0.25, -0.2) is 0 Å². The first-order chi connectivity index (χ1) is 10.2. The van der Waals surface area contributed by atoms with Crippen LogP contribution >= 0.6 is 11.8 Å². The van der Waals surface area contributed by atoms with E-state index in [1.165, 1.54) is 24.3 Å². The largest absolute Gasteiger partial charge is 0.341 e. The number of hydrogen-bond donors (Lipinski definition) is 1. The van der Waals surface area contributed by atoms with E-state index in [0.717, 1.165) is 51.9 Å². The Morgan fingerprint density at radius 3 is 2.48 bits per heavy atom. The first-order valence-corrected chi connectivity index (χ1v) is 9.73. The monoisotopic (exact) mass is 311 g/mol. The van der Waals surface area contributed by atoms with Crippen LogP contribution in [0.25, 0.3) is 0 Å². The normalized spacial score (nSPS) is 30.0. The summed E-state index contributed by atoms with van der Waals surface area (Å²) in [6.07, 6.45) is 6.64. The first-order valence-electron chi connectivity index (χ1n) is 8.57. The molecule has 3 rings (SSSR count). The highest BCUT2D eigenvalue weighted by Gasteiger charge is 2.32. The summed E-state index contributed by atoms with van der Waals surface area (Å²) in [6.45, 7) is 4.16. The summed E-state index contributed by atoms with van der Waals surface area (Å²) in [5.41, 5.74) is 5.98. The van der Waals surface area contributed by atoms with Crippen molar-refractivity contribution < 1.29 is 4.79 Å². The van der Waals surface area contributed by atoms with E-state index in [-0.39, 0.29) is 0 Å². The van der Waals surface area contributed by atoms with Gasteiger partial charge in [0.25, 0.3) is 0 Å². The molecule has 1 amide bonds. The second kappa shape index (κ2) is 7.34. The van der Waals surface area contributed by atoms with Gasteiger partial charge in [-0.15, -0.1) is 0 Å². The van der Waals surface area contributed by atoms with Crippen LogP contribution in [0.15, 0.2) is 0 Å². The van der Waals surface area contributed by atoms with Gasteiger partial charge >= 0.3 is 0 Å². The summed E-state index contributed by atoms with van der Waals surface area (Å²) in [6, 6.07) is 0.980. The van der Waals surface area contributed by atoms with Crippen molar-refractivity contribution in [1.29, 1.82) is 0 Å². The molecule has 4 nitrogen and oxygen atoms in total. The van der Waals surface area contributed by atoms with Crippen molar-refractivity contribution in [2.24, 2.45) is 11.7 Å². The van der Waals surface area contributed by atoms with E-state index in [2.05, 4.69) is 9.80 Å². The quantitative estimate of drug-likeness (QED) is 0.859. The second-order valence-electron chi connectivity index (χ2n) is 6.92. The minimum absolute atomic E-state index is 0.393. The van der Waals surface area contributed by atoms with Crippen molar-refractivity contribution in [1.82, 2.24) is 9.80 Å². The van der Waals surface area contributed by atoms with E-state index in [9.17, 15) is 4.79 Å². The smallest absolute Gasteiger partial charge is 0.222 e. The van der Waals surface area contributed by atoms with E-state index in [1.807, 2.05) is 11.8 Å². The maximum atomic E-state index is 12.5. The fourth-order valence-electron chi connectivity index (χ4n) is 3.88. The zero-order chi connectivity index (χ0) is 14.7. The second-order valence-corrected chi connectivity index (χ2v) is 8.14. The lowest BCUT2D eigenvalue weighted by Gasteiger charge is -2.34. The van der Waals surface area contributed by atoms with Crippen molar-refractivity contribution in [3.05, 3.63) is 0 Å². The van der Waals surface area contributed by atoms with E-state index in [1.54, 1.807) is 0 Å². The molecule has 0 aliphatic carbocycles. The Labute approximate surface area is 132 Å². The Morgan fingerprint density at radius 2 is 1.76 bits per heavy atom. The minimum atomic E-state index is 0.393. The third-order valence-electron chi connectivity index (χ3n) is 5.41. The summed E-state index contributed by atoms with van der Waals surface area (Å²) in [4.78, 5) is 17.2. The Bertz CT molecular complexity index is 351. The van der Waals surface area contributed by atoms with Crippen LogP contribution in [0.1, 0.15) is 38.5 Å². The molecule has 120 valence electrons. The number of thioether (sulfide) groups is 1. The average Bonchev–Trinajstić information content (AvgIpc) is 2.99. The number of hydrogen-bond acceptors (Lipinski definition) is 4. The summed E-state index contributed by atoms with van der Waals surface area (Å²) in [7, 11) is 0. The predicted octanol–water partition coefficient (Wildman–Crippen LogP) is 1.54. The Kier molecular flexibility index (Phi) is 5.46. The van der Waals surface area contributed by atoms with E-state index in [0.29, 0.717) is 23.9 Å². The molecular formula is C16H29N3OS. The van der Waals surface area contributed by atoms with Crippen LogP contribution in [-0.2, 0) is 4.79 Å². The van der Waals surface area contributed by atoms with Gasteiger partial charge in [-0.2, -0.15) is 11.8 Å². The molecule has 0 aromatic rings. The highest BCUT2D eigenvalue weighted by molar-refractivity contribution is 7.99. The topological polar surface area (TPSA) is 49.6 Å². The highest BCUT2D eigenvalue weighted by Crippen LogP contribution is 2.27. The van der Waals surface area contributed by atoms with E-state index < -0.39 is 0 Å². The average molecular weight is 311 g/mol. The van der Waals surface area contributed by atoms with Gasteiger partial charge in [0.1, 0.15) is 0 Å². The number of likely N-dealkylation sites (tertiary alicyclic amines) is 2. The molecule has 0 aromatic carbocycles. The Morgan fingerprint density at radius 1 is 1.05 bits per heavy atom. The molecule has 0 bridgehead atoms. The van der Waals surface area contributed by atoms with Gasteiger partial charge in [-0.05, 0) is 62.6 Å². The van der Waals surface area contributed by atoms with Crippen LogP contribution in [-0.4, -0.2) is 65.5 Å². The number of nitrogens with zero attached hydrogens (tertiary/aromatic N) is 2. The van der Waals surface area contributed by atoms with Crippen molar-refractivity contribution >= 4 is 17.7 Å². The molecule has 3 aliphatic rings. The third kappa shape index (κ3) is 4.14. The van der Waals surface area contributed by atoms with Crippen LogP contribution in [0.4, 0.5) is 0 Å². The van der Waals surface area contributed by atoms with Crippen LogP contribution in [0.3, 0.4) is 0 Å². The molecular weight excluding hydrogens is 282 g/mol. The summed E-state index contributed by atoms with van der Waals surface area (Å²) in [5.74, 6) is 3.54. The lowest BCUT2D eigenvalue weighted by molar-refractivity contribution is -0.131. The molecule has 0 radical (unpaired) electrons. The number of rotatable bonds is 3. The number of carbonyl (C=O) groups excluding carboxylic acids is 1. The summed E-state index contributed by atoms with van der Waals surface area (Å²) < 4.78 is 0. The van der Waals surface area contributed by atoms with Crippen molar-refractivity contribution in [2.75, 3.05) is 37.7 Å². The van der Waals surface area contributed by atoms with Gasteiger partial charge in [0.05, 0.1) is 0 Å². The fourth-order valence-corrected chi connectivity index (χ4v) is 5.08. The molecule has 3 saturated heterocycles. The molecule has 3 aliphatic heterocycles. The molecule has 0 aromatic heterocycles. The molecule has 1 unspecified atom stereocenters. The first kappa shape index (κ1) is 15.6. The molecule has 3 fully saturated rings. The van der Waals surface area contributed by atoms with Crippen molar-refractivity contribution in [2.45, 2.75) is 50.6 Å². The number of piperidine rings is 1. The molecule has 21 heavy (non-hydrogen) atoms. The Balaban J connectivity index is 1.44. The van der Waals surface area contributed by atoms with Gasteiger partial charge < -0.3 is 10.6 Å². The van der Waals surface area contributed by atoms with Gasteiger partial charge in [-0.1, -0.05) is 0 Å². The van der Waals surface area contributed by atoms with Crippen molar-refractivity contribution in [3.8, 4) is 0 Å². The Hall–Kier alpha value is -0.260. The van der Waals surface area contributed by atoms with Crippen LogP contribution < -0.4 is 5.73 Å².